The number of imide groups is 1. The third kappa shape index (κ3) is 5.87. The highest BCUT2D eigenvalue weighted by atomic mass is 19.1. The van der Waals surface area contributed by atoms with E-state index in [1.54, 1.807) is 43.5 Å². The van der Waals surface area contributed by atoms with Crippen LogP contribution in [0.1, 0.15) is 69.5 Å². The van der Waals surface area contributed by atoms with Crippen LogP contribution >= 0.6 is 0 Å². The zero-order valence-electron chi connectivity index (χ0n) is 26.4. The van der Waals surface area contributed by atoms with Gasteiger partial charge in [0.1, 0.15) is 17.6 Å². The van der Waals surface area contributed by atoms with Gasteiger partial charge in [-0.05, 0) is 62.9 Å². The first-order chi connectivity index (χ1) is 23.2. The van der Waals surface area contributed by atoms with Crippen molar-refractivity contribution in [1.29, 1.82) is 0 Å². The number of nitrogens with one attached hydrogen (secondary N) is 2. The molecule has 3 aliphatic heterocycles. The Morgan fingerprint density at radius 3 is 2.67 bits per heavy atom. The number of oxazole rings is 1. The Hall–Kier alpha value is -5.59. The lowest BCUT2D eigenvalue weighted by Gasteiger charge is -2.32. The highest BCUT2D eigenvalue weighted by Crippen LogP contribution is 2.33. The summed E-state index contributed by atoms with van der Waals surface area (Å²) in [6.07, 6.45) is 6.10. The van der Waals surface area contributed by atoms with Crippen molar-refractivity contribution in [3.63, 3.8) is 0 Å². The van der Waals surface area contributed by atoms with Crippen molar-refractivity contribution in [3.05, 3.63) is 101 Å². The van der Waals surface area contributed by atoms with E-state index in [0.29, 0.717) is 60.9 Å². The number of benzene rings is 2. The second kappa shape index (κ2) is 12.5. The number of hydrogen-bond acceptors (Lipinski definition) is 8. The zero-order chi connectivity index (χ0) is 33.5. The van der Waals surface area contributed by atoms with Crippen LogP contribution in [0, 0.1) is 12.7 Å². The molecule has 0 saturated carbocycles. The third-order valence-corrected chi connectivity index (χ3v) is 9.19. The molecule has 246 valence electrons. The van der Waals surface area contributed by atoms with Gasteiger partial charge in [0.15, 0.2) is 0 Å². The number of rotatable bonds is 8. The van der Waals surface area contributed by atoms with E-state index in [-0.39, 0.29) is 41.2 Å². The van der Waals surface area contributed by atoms with Crippen LogP contribution in [0.3, 0.4) is 0 Å². The van der Waals surface area contributed by atoms with Crippen LogP contribution < -0.4 is 10.6 Å². The normalized spacial score (nSPS) is 18.3. The molecule has 0 radical (unpaired) electrons. The van der Waals surface area contributed by atoms with Crippen LogP contribution in [-0.4, -0.2) is 67.3 Å². The lowest BCUT2D eigenvalue weighted by Crippen LogP contribution is -2.51. The molecular formula is C35H34FN7O5. The number of aromatic nitrogens is 3. The molecule has 3 aliphatic rings. The number of allylic oxidation sites excluding steroid dienone is 1. The molecule has 12 nitrogen and oxygen atoms in total. The van der Waals surface area contributed by atoms with E-state index in [2.05, 4.69) is 27.3 Å². The molecule has 0 bridgehead atoms. The van der Waals surface area contributed by atoms with Crippen LogP contribution in [0.2, 0.25) is 0 Å². The minimum atomic E-state index is -0.873. The summed E-state index contributed by atoms with van der Waals surface area (Å²) in [6.45, 7) is 7.03. The maximum atomic E-state index is 13.7. The Balaban J connectivity index is 0.942. The number of anilines is 1. The van der Waals surface area contributed by atoms with Crippen molar-refractivity contribution in [2.45, 2.75) is 57.7 Å². The van der Waals surface area contributed by atoms with E-state index in [1.807, 2.05) is 15.8 Å². The predicted molar refractivity (Wildman–Crippen MR) is 172 cm³/mol. The molecule has 2 aromatic heterocycles. The largest absolute Gasteiger partial charge is 0.441 e. The van der Waals surface area contributed by atoms with E-state index in [1.165, 1.54) is 12.1 Å². The number of hydrogen-bond donors (Lipinski definition) is 2. The second-order valence-corrected chi connectivity index (χ2v) is 12.4. The van der Waals surface area contributed by atoms with Gasteiger partial charge in [-0.1, -0.05) is 18.7 Å². The van der Waals surface area contributed by atoms with Crippen molar-refractivity contribution >= 4 is 29.3 Å². The van der Waals surface area contributed by atoms with E-state index < -0.39 is 23.8 Å². The van der Waals surface area contributed by atoms with Crippen molar-refractivity contribution in [2.24, 2.45) is 0 Å². The van der Waals surface area contributed by atoms with Gasteiger partial charge in [-0.2, -0.15) is 5.10 Å². The molecule has 2 saturated heterocycles. The summed E-state index contributed by atoms with van der Waals surface area (Å²) in [7, 11) is 0. The topological polar surface area (TPSA) is 143 Å². The van der Waals surface area contributed by atoms with Gasteiger partial charge in [0.25, 0.3) is 11.8 Å². The first kappa shape index (κ1) is 31.0. The zero-order valence-corrected chi connectivity index (χ0v) is 26.4. The van der Waals surface area contributed by atoms with Gasteiger partial charge in [-0.25, -0.2) is 9.37 Å². The number of fused-ring (bicyclic) bond motifs is 1. The number of halogens is 1. The molecule has 7 rings (SSSR count). The summed E-state index contributed by atoms with van der Waals surface area (Å²) in [5, 5.41) is 10.5. The number of piperidine rings is 2. The lowest BCUT2D eigenvalue weighted by atomic mass is 10.0. The Bertz CT molecular complexity index is 1960. The standard InChI is InChI=1S/C35H34FN7O5/c1-20-9-10-29(32(45)39-20)43-34(46)26-7-4-8-27(31(26)35(43)47)37-17-22-18-38-42(19-22)25-11-13-41(14-12-25)30(44)16-28-21(2)48-33(40-28)23-5-3-6-24(36)15-23/h3-8,15,18-19,25,29,37H,1,9-14,16-17H2,2H3,(H,39,45). The van der Waals surface area contributed by atoms with Crippen molar-refractivity contribution in [3.8, 4) is 11.5 Å². The van der Waals surface area contributed by atoms with Gasteiger partial charge in [0, 0.05) is 48.3 Å². The van der Waals surface area contributed by atoms with Crippen molar-refractivity contribution < 1.29 is 28.0 Å². The molecule has 13 heteroatoms. The minimum absolute atomic E-state index is 0.0439. The summed E-state index contributed by atoms with van der Waals surface area (Å²) < 4.78 is 21.3. The minimum Gasteiger partial charge on any atom is -0.441 e. The molecule has 0 aliphatic carbocycles. The summed E-state index contributed by atoms with van der Waals surface area (Å²) in [4.78, 5) is 59.7. The maximum absolute atomic E-state index is 13.7. The summed E-state index contributed by atoms with van der Waals surface area (Å²) in [6, 6.07) is 10.3. The Morgan fingerprint density at radius 1 is 1.10 bits per heavy atom. The van der Waals surface area contributed by atoms with Gasteiger partial charge in [-0.15, -0.1) is 0 Å². The average molecular weight is 652 g/mol. The smallest absolute Gasteiger partial charge is 0.264 e. The van der Waals surface area contributed by atoms with E-state index in [0.717, 1.165) is 23.3 Å². The van der Waals surface area contributed by atoms with Crippen molar-refractivity contribution in [1.82, 2.24) is 29.9 Å². The Morgan fingerprint density at radius 2 is 1.90 bits per heavy atom. The molecule has 1 atom stereocenters. The molecule has 4 amide bonds. The molecule has 2 fully saturated rings. The first-order valence-corrected chi connectivity index (χ1v) is 15.9. The van der Waals surface area contributed by atoms with Gasteiger partial charge >= 0.3 is 0 Å². The van der Waals surface area contributed by atoms with Gasteiger partial charge < -0.3 is 20.0 Å². The summed E-state index contributed by atoms with van der Waals surface area (Å²) >= 11 is 0. The summed E-state index contributed by atoms with van der Waals surface area (Å²) in [5.74, 6) is -0.979. The molecule has 2 aromatic carbocycles. The van der Waals surface area contributed by atoms with Gasteiger partial charge in [0.05, 0.1) is 35.5 Å². The predicted octanol–water partition coefficient (Wildman–Crippen LogP) is 4.39. The lowest BCUT2D eigenvalue weighted by molar-refractivity contribution is -0.131. The summed E-state index contributed by atoms with van der Waals surface area (Å²) in [5.41, 5.74) is 3.57. The van der Waals surface area contributed by atoms with Crippen LogP contribution in [0.15, 0.2) is 71.6 Å². The fourth-order valence-electron chi connectivity index (χ4n) is 6.58. The SMILES string of the molecule is C=C1CCC(N2C(=O)c3cccc(NCc4cnn(C5CCN(C(=O)Cc6nc(-c7cccc(F)c7)oc6C)CC5)c4)c3C2=O)C(=O)N1. The monoisotopic (exact) mass is 651 g/mol. The number of likely N-dealkylation sites (tertiary alicyclic amines) is 1. The number of aryl methyl sites for hydroxylation is 1. The molecule has 48 heavy (non-hydrogen) atoms. The second-order valence-electron chi connectivity index (χ2n) is 12.4. The van der Waals surface area contributed by atoms with Crippen LogP contribution in [0.4, 0.5) is 10.1 Å². The molecule has 2 N–H and O–H groups in total. The van der Waals surface area contributed by atoms with E-state index in [9.17, 15) is 23.6 Å². The fourth-order valence-corrected chi connectivity index (χ4v) is 6.58. The van der Waals surface area contributed by atoms with Crippen LogP contribution in [0.25, 0.3) is 11.5 Å². The highest BCUT2D eigenvalue weighted by molar-refractivity contribution is 6.25. The first-order valence-electron chi connectivity index (χ1n) is 15.9. The molecule has 1 unspecified atom stereocenters. The fraction of sp³-hybridized carbons (Fsp3) is 0.314. The Kier molecular flexibility index (Phi) is 8.11. The Labute approximate surface area is 275 Å². The molecular weight excluding hydrogens is 617 g/mol. The quantitative estimate of drug-likeness (QED) is 0.267. The van der Waals surface area contributed by atoms with E-state index in [4.69, 9.17) is 4.42 Å². The van der Waals surface area contributed by atoms with Crippen molar-refractivity contribution in [2.75, 3.05) is 18.4 Å². The maximum Gasteiger partial charge on any atom is 0.264 e. The third-order valence-electron chi connectivity index (χ3n) is 9.19. The van der Waals surface area contributed by atoms with Gasteiger partial charge in [-0.3, -0.25) is 28.8 Å². The highest BCUT2D eigenvalue weighted by Gasteiger charge is 2.45. The molecule has 5 heterocycles. The van der Waals surface area contributed by atoms with E-state index >= 15 is 0 Å². The molecule has 4 aromatic rings. The number of nitrogens with zero attached hydrogens (tertiary/aromatic N) is 5. The van der Waals surface area contributed by atoms with Gasteiger partial charge in [0.2, 0.25) is 17.7 Å². The van der Waals surface area contributed by atoms with Crippen LogP contribution in [-0.2, 0) is 22.6 Å². The van der Waals surface area contributed by atoms with Crippen LogP contribution in [0.5, 0.6) is 0 Å². The number of amides is 4. The number of carbonyl (C=O) groups excluding carboxylic acids is 4. The average Bonchev–Trinajstić information content (AvgIpc) is 3.77. The number of carbonyl (C=O) groups is 4. The molecule has 0 spiro atoms.